The molecule has 0 amide bonds. The van der Waals surface area contributed by atoms with Gasteiger partial charge in [0, 0.05) is 26.0 Å². The van der Waals surface area contributed by atoms with E-state index in [1.54, 1.807) is 0 Å². The zero-order valence-electron chi connectivity index (χ0n) is 10.8. The van der Waals surface area contributed by atoms with Crippen LogP contribution in [0.3, 0.4) is 0 Å². The Morgan fingerprint density at radius 2 is 2.24 bits per heavy atom. The number of ether oxygens (including phenoxy) is 2. The average Bonchev–Trinajstić information content (AvgIpc) is 2.78. The molecule has 0 radical (unpaired) electrons. The lowest BCUT2D eigenvalue weighted by molar-refractivity contribution is -0.0774. The monoisotopic (exact) mass is 238 g/mol. The molecule has 2 aliphatic rings. The van der Waals surface area contributed by atoms with Crippen LogP contribution >= 0.6 is 0 Å². The van der Waals surface area contributed by atoms with E-state index < -0.39 is 5.54 Å². The van der Waals surface area contributed by atoms with Crippen LogP contribution in [0.25, 0.3) is 0 Å². The van der Waals surface area contributed by atoms with Crippen molar-refractivity contribution in [3.8, 4) is 6.07 Å². The van der Waals surface area contributed by atoms with Crippen LogP contribution < -0.4 is 5.32 Å². The first kappa shape index (κ1) is 12.8. The fraction of sp³-hybridized carbons (Fsp3) is 0.923. The molecule has 2 saturated heterocycles. The number of rotatable bonds is 3. The van der Waals surface area contributed by atoms with Gasteiger partial charge in [0.15, 0.2) is 0 Å². The zero-order valence-corrected chi connectivity index (χ0v) is 10.8. The van der Waals surface area contributed by atoms with Crippen molar-refractivity contribution in [1.82, 2.24) is 5.32 Å². The third-order valence-electron chi connectivity index (χ3n) is 3.66. The SMILES string of the molecule is CC1(C)CC(C#N)(NCC2CCCO2)CCO1. The molecule has 2 heterocycles. The minimum atomic E-state index is -0.437. The first-order valence-corrected chi connectivity index (χ1v) is 6.47. The molecule has 4 heteroatoms. The molecule has 2 aliphatic heterocycles. The molecule has 0 bridgehead atoms. The highest BCUT2D eigenvalue weighted by molar-refractivity contribution is 5.11. The summed E-state index contributed by atoms with van der Waals surface area (Å²) in [5, 5.41) is 12.9. The van der Waals surface area contributed by atoms with Gasteiger partial charge in [-0.05, 0) is 26.7 Å². The largest absolute Gasteiger partial charge is 0.377 e. The van der Waals surface area contributed by atoms with Crippen molar-refractivity contribution in [1.29, 1.82) is 5.26 Å². The normalized spacial score (nSPS) is 36.6. The van der Waals surface area contributed by atoms with Crippen molar-refractivity contribution >= 4 is 0 Å². The number of hydrogen-bond acceptors (Lipinski definition) is 4. The van der Waals surface area contributed by atoms with E-state index in [-0.39, 0.29) is 11.7 Å². The van der Waals surface area contributed by atoms with Gasteiger partial charge in [-0.1, -0.05) is 0 Å². The van der Waals surface area contributed by atoms with E-state index in [4.69, 9.17) is 9.47 Å². The molecule has 2 atom stereocenters. The summed E-state index contributed by atoms with van der Waals surface area (Å²) in [4.78, 5) is 0. The summed E-state index contributed by atoms with van der Waals surface area (Å²) in [6.07, 6.45) is 4.03. The van der Waals surface area contributed by atoms with Gasteiger partial charge < -0.3 is 9.47 Å². The van der Waals surface area contributed by atoms with Crippen LogP contribution in [0.2, 0.25) is 0 Å². The molecule has 96 valence electrons. The molecule has 0 aromatic heterocycles. The van der Waals surface area contributed by atoms with Crippen molar-refractivity contribution in [2.24, 2.45) is 0 Å². The predicted octanol–water partition coefficient (Wildman–Crippen LogP) is 1.61. The molecular weight excluding hydrogens is 216 g/mol. The smallest absolute Gasteiger partial charge is 0.111 e. The summed E-state index contributed by atoms with van der Waals surface area (Å²) in [7, 11) is 0. The van der Waals surface area contributed by atoms with Crippen molar-refractivity contribution in [2.45, 2.75) is 56.8 Å². The maximum Gasteiger partial charge on any atom is 0.111 e. The lowest BCUT2D eigenvalue weighted by Crippen LogP contribution is -2.55. The summed E-state index contributed by atoms with van der Waals surface area (Å²) in [5.74, 6) is 0. The number of nitrogens with one attached hydrogen (secondary N) is 1. The Hall–Kier alpha value is -0.630. The molecule has 0 aliphatic carbocycles. The van der Waals surface area contributed by atoms with Crippen molar-refractivity contribution < 1.29 is 9.47 Å². The first-order chi connectivity index (χ1) is 8.05. The Balaban J connectivity index is 1.92. The fourth-order valence-corrected chi connectivity index (χ4v) is 2.77. The average molecular weight is 238 g/mol. The Morgan fingerprint density at radius 1 is 1.41 bits per heavy atom. The molecule has 17 heavy (non-hydrogen) atoms. The molecular formula is C13H22N2O2. The quantitative estimate of drug-likeness (QED) is 0.811. The van der Waals surface area contributed by atoms with Crippen molar-refractivity contribution in [3.63, 3.8) is 0 Å². The first-order valence-electron chi connectivity index (χ1n) is 6.47. The number of nitrogens with zero attached hydrogens (tertiary/aromatic N) is 1. The molecule has 0 aromatic carbocycles. The second-order valence-corrected chi connectivity index (χ2v) is 5.74. The van der Waals surface area contributed by atoms with Gasteiger partial charge in [0.25, 0.3) is 0 Å². The second-order valence-electron chi connectivity index (χ2n) is 5.74. The van der Waals surface area contributed by atoms with Crippen LogP contribution in [0.4, 0.5) is 0 Å². The molecule has 4 nitrogen and oxygen atoms in total. The second kappa shape index (κ2) is 4.93. The highest BCUT2D eigenvalue weighted by Gasteiger charge is 2.41. The van der Waals surface area contributed by atoms with E-state index in [1.165, 1.54) is 0 Å². The molecule has 0 aromatic rings. The highest BCUT2D eigenvalue weighted by atomic mass is 16.5. The van der Waals surface area contributed by atoms with Crippen LogP contribution in [0, 0.1) is 11.3 Å². The summed E-state index contributed by atoms with van der Waals surface area (Å²) >= 11 is 0. The van der Waals surface area contributed by atoms with Crippen LogP contribution in [0.5, 0.6) is 0 Å². The van der Waals surface area contributed by atoms with E-state index in [0.717, 1.165) is 38.8 Å². The molecule has 1 N–H and O–H groups in total. The van der Waals surface area contributed by atoms with E-state index in [2.05, 4.69) is 11.4 Å². The Bertz CT molecular complexity index is 305. The number of nitriles is 1. The summed E-state index contributed by atoms with van der Waals surface area (Å²) in [5.41, 5.74) is -0.648. The van der Waals surface area contributed by atoms with Gasteiger partial charge in [-0.25, -0.2) is 0 Å². The van der Waals surface area contributed by atoms with E-state index in [1.807, 2.05) is 13.8 Å². The maximum atomic E-state index is 9.44. The summed E-state index contributed by atoms with van der Waals surface area (Å²) in [6, 6.07) is 2.45. The van der Waals surface area contributed by atoms with Gasteiger partial charge in [-0.3, -0.25) is 5.32 Å². The van der Waals surface area contributed by atoms with Crippen LogP contribution in [0.1, 0.15) is 39.5 Å². The summed E-state index contributed by atoms with van der Waals surface area (Å²) < 4.78 is 11.3. The van der Waals surface area contributed by atoms with E-state index in [9.17, 15) is 5.26 Å². The molecule has 0 spiro atoms. The lowest BCUT2D eigenvalue weighted by Gasteiger charge is -2.41. The van der Waals surface area contributed by atoms with Gasteiger partial charge in [-0.15, -0.1) is 0 Å². The lowest BCUT2D eigenvalue weighted by atomic mass is 9.82. The van der Waals surface area contributed by atoms with Gasteiger partial charge in [0.2, 0.25) is 0 Å². The topological polar surface area (TPSA) is 54.3 Å². The van der Waals surface area contributed by atoms with Crippen LogP contribution in [0.15, 0.2) is 0 Å². The third kappa shape index (κ3) is 3.19. The molecule has 0 saturated carbocycles. The molecule has 2 rings (SSSR count). The van der Waals surface area contributed by atoms with Gasteiger partial charge in [-0.2, -0.15) is 5.26 Å². The van der Waals surface area contributed by atoms with Crippen LogP contribution in [-0.2, 0) is 9.47 Å². The predicted molar refractivity (Wildman–Crippen MR) is 64.6 cm³/mol. The van der Waals surface area contributed by atoms with Gasteiger partial charge >= 0.3 is 0 Å². The van der Waals surface area contributed by atoms with Gasteiger partial charge in [0.05, 0.1) is 24.4 Å². The minimum Gasteiger partial charge on any atom is -0.377 e. The van der Waals surface area contributed by atoms with Gasteiger partial charge in [0.1, 0.15) is 5.54 Å². The highest BCUT2D eigenvalue weighted by Crippen LogP contribution is 2.31. The van der Waals surface area contributed by atoms with Crippen molar-refractivity contribution in [3.05, 3.63) is 0 Å². The minimum absolute atomic E-state index is 0.211. The summed E-state index contributed by atoms with van der Waals surface area (Å²) in [6.45, 7) is 6.39. The van der Waals surface area contributed by atoms with Crippen molar-refractivity contribution in [2.75, 3.05) is 19.8 Å². The maximum absolute atomic E-state index is 9.44. The zero-order chi connectivity index (χ0) is 12.4. The molecule has 2 unspecified atom stereocenters. The fourth-order valence-electron chi connectivity index (χ4n) is 2.77. The Morgan fingerprint density at radius 3 is 2.82 bits per heavy atom. The Kier molecular flexibility index (Phi) is 3.72. The van der Waals surface area contributed by atoms with E-state index in [0.29, 0.717) is 6.61 Å². The Labute approximate surface area is 103 Å². The number of hydrogen-bond donors (Lipinski definition) is 1. The standard InChI is InChI=1S/C13H22N2O2/c1-12(2)9-13(10-14,5-7-17-12)15-8-11-4-3-6-16-11/h11,15H,3-9H2,1-2H3. The van der Waals surface area contributed by atoms with Crippen LogP contribution in [-0.4, -0.2) is 37.0 Å². The third-order valence-corrected chi connectivity index (χ3v) is 3.66. The molecule has 2 fully saturated rings. The van der Waals surface area contributed by atoms with E-state index >= 15 is 0 Å².